The number of fused-ring (bicyclic) bond motifs is 3. The van der Waals surface area contributed by atoms with Gasteiger partial charge in [-0.1, -0.05) is 0 Å². The predicted octanol–water partition coefficient (Wildman–Crippen LogP) is 3.29. The minimum Gasteiger partial charge on any atom is -0.467 e. The van der Waals surface area contributed by atoms with Crippen molar-refractivity contribution in [3.63, 3.8) is 0 Å². The molecule has 3 aromatic rings. The number of aromatic nitrogens is 2. The Bertz CT molecular complexity index is 859. The van der Waals surface area contributed by atoms with Gasteiger partial charge in [-0.05, 0) is 50.3 Å². The van der Waals surface area contributed by atoms with Crippen LogP contribution in [0.15, 0.2) is 27.6 Å². The topological polar surface area (TPSA) is 48.0 Å². The summed E-state index contributed by atoms with van der Waals surface area (Å²) in [6, 6.07) is 3.73. The Morgan fingerprint density at radius 3 is 3.05 bits per heavy atom. The number of hydrogen-bond donors (Lipinski definition) is 0. The summed E-state index contributed by atoms with van der Waals surface area (Å²) < 4.78 is 7.09. The Morgan fingerprint density at radius 2 is 2.24 bits per heavy atom. The molecule has 0 aromatic carbocycles. The summed E-state index contributed by atoms with van der Waals surface area (Å²) >= 11 is 1.70. The molecule has 0 radical (unpaired) electrons. The van der Waals surface area contributed by atoms with Crippen LogP contribution in [0.1, 0.15) is 34.9 Å². The Balaban J connectivity index is 1.93. The van der Waals surface area contributed by atoms with Crippen molar-refractivity contribution in [2.75, 3.05) is 0 Å². The normalized spacial score (nSPS) is 14.5. The van der Waals surface area contributed by atoms with Crippen molar-refractivity contribution in [1.29, 1.82) is 0 Å². The first-order valence-electron chi connectivity index (χ1n) is 7.28. The van der Waals surface area contributed by atoms with Gasteiger partial charge in [-0.15, -0.1) is 11.3 Å². The van der Waals surface area contributed by atoms with E-state index < -0.39 is 0 Å². The molecule has 0 atom stereocenters. The van der Waals surface area contributed by atoms with Crippen LogP contribution in [0.2, 0.25) is 0 Å². The molecule has 0 saturated heterocycles. The second kappa shape index (κ2) is 4.84. The average Bonchev–Trinajstić information content (AvgIpc) is 3.10. The van der Waals surface area contributed by atoms with Gasteiger partial charge < -0.3 is 4.42 Å². The van der Waals surface area contributed by atoms with Gasteiger partial charge in [-0.25, -0.2) is 4.98 Å². The van der Waals surface area contributed by atoms with E-state index in [4.69, 9.17) is 4.42 Å². The van der Waals surface area contributed by atoms with Crippen LogP contribution in [-0.4, -0.2) is 9.55 Å². The van der Waals surface area contributed by atoms with Crippen molar-refractivity contribution >= 4 is 21.6 Å². The van der Waals surface area contributed by atoms with E-state index in [1.807, 2.05) is 19.1 Å². The van der Waals surface area contributed by atoms with Gasteiger partial charge in [0.2, 0.25) is 0 Å². The van der Waals surface area contributed by atoms with Crippen LogP contribution < -0.4 is 5.56 Å². The molecule has 1 aliphatic rings. The summed E-state index contributed by atoms with van der Waals surface area (Å²) in [6.45, 7) is 2.34. The van der Waals surface area contributed by atoms with Gasteiger partial charge in [0.25, 0.3) is 5.56 Å². The molecule has 21 heavy (non-hydrogen) atoms. The van der Waals surface area contributed by atoms with Crippen LogP contribution in [0, 0.1) is 6.92 Å². The van der Waals surface area contributed by atoms with Crippen molar-refractivity contribution < 1.29 is 4.42 Å². The fourth-order valence-electron chi connectivity index (χ4n) is 3.08. The first-order valence-corrected chi connectivity index (χ1v) is 8.10. The Hall–Kier alpha value is -1.88. The molecule has 3 heterocycles. The summed E-state index contributed by atoms with van der Waals surface area (Å²) in [4.78, 5) is 19.8. The first kappa shape index (κ1) is 12.8. The molecule has 0 amide bonds. The maximum atomic E-state index is 12.9. The monoisotopic (exact) mass is 300 g/mol. The lowest BCUT2D eigenvalue weighted by atomic mass is 9.97. The van der Waals surface area contributed by atoms with Gasteiger partial charge in [-0.3, -0.25) is 9.36 Å². The molecule has 108 valence electrons. The van der Waals surface area contributed by atoms with Crippen LogP contribution in [0.5, 0.6) is 0 Å². The zero-order valence-electron chi connectivity index (χ0n) is 11.9. The van der Waals surface area contributed by atoms with E-state index in [1.54, 1.807) is 22.2 Å². The SMILES string of the molecule is Cc1nc2sc3c(c2c(=O)n1Cc1ccco1)CCCC3. The quantitative estimate of drug-likeness (QED) is 0.729. The maximum absolute atomic E-state index is 12.9. The molecule has 3 aromatic heterocycles. The van der Waals surface area contributed by atoms with Crippen LogP contribution in [-0.2, 0) is 19.4 Å². The minimum absolute atomic E-state index is 0.0771. The molecule has 0 fully saturated rings. The fourth-order valence-corrected chi connectivity index (χ4v) is 4.38. The van der Waals surface area contributed by atoms with E-state index in [1.165, 1.54) is 23.3 Å². The third-order valence-electron chi connectivity index (χ3n) is 4.16. The molecule has 0 bridgehead atoms. The molecule has 0 N–H and O–H groups in total. The first-order chi connectivity index (χ1) is 10.2. The molecule has 4 rings (SSSR count). The van der Waals surface area contributed by atoms with Crippen LogP contribution >= 0.6 is 11.3 Å². The largest absolute Gasteiger partial charge is 0.467 e. The summed E-state index contributed by atoms with van der Waals surface area (Å²) in [5.74, 6) is 1.54. The number of thiophene rings is 1. The summed E-state index contributed by atoms with van der Waals surface area (Å²) in [5, 5.41) is 0.840. The second-order valence-electron chi connectivity index (χ2n) is 5.52. The zero-order chi connectivity index (χ0) is 14.4. The molecule has 1 aliphatic carbocycles. The highest BCUT2D eigenvalue weighted by Crippen LogP contribution is 2.33. The lowest BCUT2D eigenvalue weighted by Gasteiger charge is -2.11. The Labute approximate surface area is 126 Å². The van der Waals surface area contributed by atoms with Crippen LogP contribution in [0.4, 0.5) is 0 Å². The summed E-state index contributed by atoms with van der Waals surface area (Å²) in [7, 11) is 0. The predicted molar refractivity (Wildman–Crippen MR) is 83.1 cm³/mol. The smallest absolute Gasteiger partial charge is 0.262 e. The second-order valence-corrected chi connectivity index (χ2v) is 6.60. The molecular weight excluding hydrogens is 284 g/mol. The molecular formula is C16H16N2O2S. The van der Waals surface area contributed by atoms with Crippen molar-refractivity contribution in [3.05, 3.63) is 50.8 Å². The van der Waals surface area contributed by atoms with Crippen molar-refractivity contribution in [1.82, 2.24) is 9.55 Å². The van der Waals surface area contributed by atoms with E-state index in [-0.39, 0.29) is 5.56 Å². The van der Waals surface area contributed by atoms with Gasteiger partial charge in [0.15, 0.2) is 0 Å². The third-order valence-corrected chi connectivity index (χ3v) is 5.35. The third kappa shape index (κ3) is 2.03. The van der Waals surface area contributed by atoms with Crippen LogP contribution in [0.3, 0.4) is 0 Å². The number of furan rings is 1. The van der Waals surface area contributed by atoms with Gasteiger partial charge in [-0.2, -0.15) is 0 Å². The van der Waals surface area contributed by atoms with E-state index in [9.17, 15) is 4.79 Å². The average molecular weight is 300 g/mol. The minimum atomic E-state index is 0.0771. The molecule has 4 nitrogen and oxygen atoms in total. The number of nitrogens with zero attached hydrogens (tertiary/aromatic N) is 2. The maximum Gasteiger partial charge on any atom is 0.262 e. The molecule has 0 aliphatic heterocycles. The lowest BCUT2D eigenvalue weighted by Crippen LogP contribution is -2.24. The van der Waals surface area contributed by atoms with E-state index in [0.29, 0.717) is 6.54 Å². The highest BCUT2D eigenvalue weighted by atomic mass is 32.1. The zero-order valence-corrected chi connectivity index (χ0v) is 12.7. The highest BCUT2D eigenvalue weighted by Gasteiger charge is 2.21. The van der Waals surface area contributed by atoms with Gasteiger partial charge in [0.05, 0.1) is 18.2 Å². The van der Waals surface area contributed by atoms with Gasteiger partial charge in [0.1, 0.15) is 16.4 Å². The summed E-state index contributed by atoms with van der Waals surface area (Å²) in [6.07, 6.45) is 6.13. The van der Waals surface area contributed by atoms with E-state index in [0.717, 1.165) is 34.6 Å². The molecule has 0 unspecified atom stereocenters. The number of rotatable bonds is 2. The molecule has 0 spiro atoms. The Kier molecular flexibility index (Phi) is 2.96. The van der Waals surface area contributed by atoms with Crippen molar-refractivity contribution in [2.45, 2.75) is 39.2 Å². The van der Waals surface area contributed by atoms with E-state index in [2.05, 4.69) is 4.98 Å². The fraction of sp³-hybridized carbons (Fsp3) is 0.375. The Morgan fingerprint density at radius 1 is 1.38 bits per heavy atom. The number of aryl methyl sites for hydroxylation is 3. The van der Waals surface area contributed by atoms with E-state index >= 15 is 0 Å². The standard InChI is InChI=1S/C16H16N2O2S/c1-10-17-15-14(12-6-2-3-7-13(12)21-15)16(19)18(10)9-11-5-4-8-20-11/h4-5,8H,2-3,6-7,9H2,1H3. The van der Waals surface area contributed by atoms with Gasteiger partial charge >= 0.3 is 0 Å². The molecule has 0 saturated carbocycles. The lowest BCUT2D eigenvalue weighted by molar-refractivity contribution is 0.485. The number of hydrogen-bond acceptors (Lipinski definition) is 4. The van der Waals surface area contributed by atoms with Crippen LogP contribution in [0.25, 0.3) is 10.2 Å². The summed E-state index contributed by atoms with van der Waals surface area (Å²) in [5.41, 5.74) is 1.32. The van der Waals surface area contributed by atoms with Gasteiger partial charge in [0, 0.05) is 4.88 Å². The molecule has 5 heteroatoms. The van der Waals surface area contributed by atoms with Crippen molar-refractivity contribution in [3.8, 4) is 0 Å². The van der Waals surface area contributed by atoms with Crippen molar-refractivity contribution in [2.24, 2.45) is 0 Å². The highest BCUT2D eigenvalue weighted by molar-refractivity contribution is 7.18.